The van der Waals surface area contributed by atoms with Gasteiger partial charge in [0.05, 0.1) is 12.8 Å². The number of carbonyl (C=O) groups excluding carboxylic acids is 3. The first-order valence-electron chi connectivity index (χ1n) is 9.96. The van der Waals surface area contributed by atoms with Gasteiger partial charge in [-0.05, 0) is 56.5 Å². The molecule has 2 aromatic rings. The molecule has 0 aromatic carbocycles. The average molecular weight is 413 g/mol. The van der Waals surface area contributed by atoms with Crippen molar-refractivity contribution in [3.63, 3.8) is 0 Å². The van der Waals surface area contributed by atoms with Crippen molar-refractivity contribution in [2.45, 2.75) is 33.2 Å². The van der Waals surface area contributed by atoms with Crippen LogP contribution in [-0.2, 0) is 25.7 Å². The van der Waals surface area contributed by atoms with Crippen LogP contribution in [0.1, 0.15) is 35.6 Å². The summed E-state index contributed by atoms with van der Waals surface area (Å²) in [5, 5.41) is 0. The third-order valence-corrected chi connectivity index (χ3v) is 5.49. The van der Waals surface area contributed by atoms with Crippen molar-refractivity contribution in [1.29, 1.82) is 0 Å². The Morgan fingerprint density at radius 2 is 2.00 bits per heavy atom. The van der Waals surface area contributed by atoms with E-state index >= 15 is 0 Å². The van der Waals surface area contributed by atoms with Crippen LogP contribution in [0.15, 0.2) is 35.0 Å². The molecule has 0 spiro atoms. The molecule has 0 unspecified atom stereocenters. The number of furan rings is 1. The number of hydrogen-bond donors (Lipinski definition) is 1. The van der Waals surface area contributed by atoms with Gasteiger partial charge in [-0.15, -0.1) is 0 Å². The first-order valence-corrected chi connectivity index (χ1v) is 9.96. The number of ether oxygens (including phenoxy) is 1. The summed E-state index contributed by atoms with van der Waals surface area (Å²) in [7, 11) is 0. The van der Waals surface area contributed by atoms with Crippen LogP contribution in [0, 0.1) is 19.8 Å². The Labute approximate surface area is 175 Å². The minimum atomic E-state index is -0.578. The number of aromatic nitrogens is 1. The summed E-state index contributed by atoms with van der Waals surface area (Å²) >= 11 is 0. The molecule has 0 radical (unpaired) electrons. The summed E-state index contributed by atoms with van der Waals surface area (Å²) in [6.07, 6.45) is 5.74. The van der Waals surface area contributed by atoms with E-state index in [4.69, 9.17) is 14.9 Å². The fourth-order valence-corrected chi connectivity index (χ4v) is 3.64. The molecule has 8 heteroatoms. The minimum Gasteiger partial charge on any atom is -0.467 e. The Morgan fingerprint density at radius 3 is 2.63 bits per heavy atom. The number of piperidine rings is 1. The van der Waals surface area contributed by atoms with E-state index < -0.39 is 5.97 Å². The van der Waals surface area contributed by atoms with E-state index in [0.717, 1.165) is 22.7 Å². The molecule has 2 N–H and O–H groups in total. The van der Waals surface area contributed by atoms with Crippen LogP contribution < -0.4 is 5.73 Å². The van der Waals surface area contributed by atoms with Crippen LogP contribution in [0.4, 0.5) is 0 Å². The highest BCUT2D eigenvalue weighted by atomic mass is 16.5. The molecule has 1 aliphatic rings. The Morgan fingerprint density at radius 1 is 1.27 bits per heavy atom. The summed E-state index contributed by atoms with van der Waals surface area (Å²) in [6, 6.07) is 5.75. The summed E-state index contributed by atoms with van der Waals surface area (Å²) < 4.78 is 12.6. The molecule has 1 aliphatic heterocycles. The lowest BCUT2D eigenvalue weighted by atomic mass is 9.96. The molecule has 1 saturated heterocycles. The third kappa shape index (κ3) is 5.20. The van der Waals surface area contributed by atoms with E-state index in [1.165, 1.54) is 6.08 Å². The Kier molecular flexibility index (Phi) is 6.76. The van der Waals surface area contributed by atoms with Gasteiger partial charge in [0.2, 0.25) is 5.91 Å². The number of carbonyl (C=O) groups is 3. The zero-order valence-corrected chi connectivity index (χ0v) is 17.3. The van der Waals surface area contributed by atoms with Gasteiger partial charge in [0, 0.05) is 36.5 Å². The van der Waals surface area contributed by atoms with Crippen LogP contribution in [-0.4, -0.2) is 46.9 Å². The van der Waals surface area contributed by atoms with Crippen molar-refractivity contribution in [3.05, 3.63) is 53.2 Å². The van der Waals surface area contributed by atoms with Crippen LogP contribution in [0.2, 0.25) is 0 Å². The van der Waals surface area contributed by atoms with Gasteiger partial charge in [-0.3, -0.25) is 9.59 Å². The lowest BCUT2D eigenvalue weighted by Gasteiger charge is -2.30. The lowest BCUT2D eigenvalue weighted by molar-refractivity contribution is -0.149. The number of hydrogen-bond acceptors (Lipinski definition) is 5. The smallest absolute Gasteiger partial charge is 0.331 e. The molecular weight excluding hydrogens is 386 g/mol. The predicted octanol–water partition coefficient (Wildman–Crippen LogP) is 2.03. The molecule has 2 amide bonds. The first kappa shape index (κ1) is 21.4. The summed E-state index contributed by atoms with van der Waals surface area (Å²) in [5.41, 5.74) is 8.25. The summed E-state index contributed by atoms with van der Waals surface area (Å²) in [5.74, 6) is -0.513. The molecule has 3 heterocycles. The molecule has 160 valence electrons. The third-order valence-electron chi connectivity index (χ3n) is 5.49. The van der Waals surface area contributed by atoms with Gasteiger partial charge < -0.3 is 24.4 Å². The lowest BCUT2D eigenvalue weighted by Crippen LogP contribution is -2.43. The SMILES string of the molecule is Cc1cc(/C=C/C(=O)OCC(=O)N2CCC(C(N)=O)CC2)c(C)n1Cc1ccco1. The van der Waals surface area contributed by atoms with Gasteiger partial charge in [-0.25, -0.2) is 4.79 Å². The molecule has 0 saturated carbocycles. The number of esters is 1. The van der Waals surface area contributed by atoms with E-state index in [0.29, 0.717) is 32.5 Å². The molecule has 0 bridgehead atoms. The van der Waals surface area contributed by atoms with E-state index in [9.17, 15) is 14.4 Å². The number of nitrogens with zero attached hydrogens (tertiary/aromatic N) is 2. The van der Waals surface area contributed by atoms with Crippen molar-refractivity contribution < 1.29 is 23.5 Å². The highest BCUT2D eigenvalue weighted by molar-refractivity contribution is 5.89. The molecule has 8 nitrogen and oxygen atoms in total. The van der Waals surface area contributed by atoms with Crippen molar-refractivity contribution in [2.75, 3.05) is 19.7 Å². The Hall–Kier alpha value is -3.29. The zero-order chi connectivity index (χ0) is 21.7. The second-order valence-electron chi connectivity index (χ2n) is 7.49. The summed E-state index contributed by atoms with van der Waals surface area (Å²) in [6.45, 7) is 5.15. The normalized spacial score (nSPS) is 14.9. The highest BCUT2D eigenvalue weighted by Crippen LogP contribution is 2.19. The van der Waals surface area contributed by atoms with E-state index in [-0.39, 0.29) is 24.3 Å². The maximum Gasteiger partial charge on any atom is 0.331 e. The molecule has 0 atom stereocenters. The molecule has 30 heavy (non-hydrogen) atoms. The van der Waals surface area contributed by atoms with Gasteiger partial charge in [0.15, 0.2) is 6.61 Å². The zero-order valence-electron chi connectivity index (χ0n) is 17.3. The van der Waals surface area contributed by atoms with E-state index in [1.807, 2.05) is 32.0 Å². The van der Waals surface area contributed by atoms with Crippen molar-refractivity contribution in [1.82, 2.24) is 9.47 Å². The molecular formula is C22H27N3O5. The maximum absolute atomic E-state index is 12.2. The fourth-order valence-electron chi connectivity index (χ4n) is 3.64. The number of aryl methyl sites for hydroxylation is 1. The standard InChI is InChI=1S/C22H27N3O5/c1-15-12-18(16(2)25(15)13-19-4-3-11-29-19)5-6-21(27)30-14-20(26)24-9-7-17(8-10-24)22(23)28/h3-6,11-12,17H,7-10,13-14H2,1-2H3,(H2,23,28)/b6-5+. The first-order chi connectivity index (χ1) is 14.3. The van der Waals surface area contributed by atoms with E-state index in [2.05, 4.69) is 4.57 Å². The monoisotopic (exact) mass is 413 g/mol. The maximum atomic E-state index is 12.2. The minimum absolute atomic E-state index is 0.189. The second kappa shape index (κ2) is 9.47. The van der Waals surface area contributed by atoms with Crippen LogP contribution in [0.3, 0.4) is 0 Å². The van der Waals surface area contributed by atoms with Gasteiger partial charge in [-0.1, -0.05) is 0 Å². The van der Waals surface area contributed by atoms with Crippen LogP contribution in [0.25, 0.3) is 6.08 Å². The predicted molar refractivity (Wildman–Crippen MR) is 110 cm³/mol. The second-order valence-corrected chi connectivity index (χ2v) is 7.49. The van der Waals surface area contributed by atoms with Gasteiger partial charge >= 0.3 is 5.97 Å². The van der Waals surface area contributed by atoms with E-state index in [1.54, 1.807) is 17.2 Å². The largest absolute Gasteiger partial charge is 0.467 e. The fraction of sp³-hybridized carbons (Fsp3) is 0.409. The average Bonchev–Trinajstić information content (AvgIpc) is 3.34. The van der Waals surface area contributed by atoms with Crippen LogP contribution in [0.5, 0.6) is 0 Å². The molecule has 1 fully saturated rings. The van der Waals surface area contributed by atoms with Crippen molar-refractivity contribution in [3.8, 4) is 0 Å². The Balaban J connectivity index is 1.50. The molecule has 0 aliphatic carbocycles. The van der Waals surface area contributed by atoms with Crippen molar-refractivity contribution in [2.24, 2.45) is 11.7 Å². The van der Waals surface area contributed by atoms with Gasteiger partial charge in [0.25, 0.3) is 5.91 Å². The molecule has 2 aromatic heterocycles. The number of nitrogens with two attached hydrogens (primary N) is 1. The topological polar surface area (TPSA) is 108 Å². The number of likely N-dealkylation sites (tertiary alicyclic amines) is 1. The number of rotatable bonds is 7. The number of amides is 2. The number of primary amides is 1. The highest BCUT2D eigenvalue weighted by Gasteiger charge is 2.26. The summed E-state index contributed by atoms with van der Waals surface area (Å²) in [4.78, 5) is 37.0. The van der Waals surface area contributed by atoms with Crippen LogP contribution >= 0.6 is 0 Å². The van der Waals surface area contributed by atoms with Crippen molar-refractivity contribution >= 4 is 23.9 Å². The van der Waals surface area contributed by atoms with Gasteiger partial charge in [0.1, 0.15) is 5.76 Å². The molecule has 3 rings (SSSR count). The van der Waals surface area contributed by atoms with Gasteiger partial charge in [-0.2, -0.15) is 0 Å². The quantitative estimate of drug-likeness (QED) is 0.552. The Bertz CT molecular complexity index is 934.